The van der Waals surface area contributed by atoms with Crippen LogP contribution in [0.2, 0.25) is 0 Å². The van der Waals surface area contributed by atoms with Gasteiger partial charge in [0, 0.05) is 12.0 Å². The summed E-state index contributed by atoms with van der Waals surface area (Å²) < 4.78 is 5.31. The number of benzene rings is 1. The standard InChI is InChI=1S/C16H20N2O2/c19-14-8-4-7-13(11-14)16-17-15(20-18-16)10-9-12-5-2-1-3-6-12/h4,7-8,11-12,19H,1-3,5-6,9-10H2. The van der Waals surface area contributed by atoms with Gasteiger partial charge in [0.05, 0.1) is 0 Å². The minimum Gasteiger partial charge on any atom is -0.508 e. The van der Waals surface area contributed by atoms with E-state index in [1.165, 1.54) is 32.1 Å². The van der Waals surface area contributed by atoms with Crippen LogP contribution < -0.4 is 0 Å². The quantitative estimate of drug-likeness (QED) is 0.915. The monoisotopic (exact) mass is 272 g/mol. The van der Waals surface area contributed by atoms with Crippen LogP contribution in [-0.2, 0) is 6.42 Å². The van der Waals surface area contributed by atoms with Crippen LogP contribution in [0, 0.1) is 5.92 Å². The topological polar surface area (TPSA) is 59.2 Å². The fourth-order valence-corrected chi connectivity index (χ4v) is 2.92. The van der Waals surface area contributed by atoms with Gasteiger partial charge in [0.1, 0.15) is 5.75 Å². The number of rotatable bonds is 4. The third-order valence-electron chi connectivity index (χ3n) is 4.06. The van der Waals surface area contributed by atoms with Crippen molar-refractivity contribution in [1.82, 2.24) is 10.1 Å². The van der Waals surface area contributed by atoms with Crippen LogP contribution in [0.15, 0.2) is 28.8 Å². The highest BCUT2D eigenvalue weighted by Gasteiger charge is 2.15. The summed E-state index contributed by atoms with van der Waals surface area (Å²) in [6, 6.07) is 6.93. The Kier molecular flexibility index (Phi) is 4.00. The molecule has 1 N–H and O–H groups in total. The van der Waals surface area contributed by atoms with Gasteiger partial charge in [-0.1, -0.05) is 49.4 Å². The molecule has 106 valence electrons. The SMILES string of the molecule is Oc1cccc(-c2noc(CCC3CCCCC3)n2)c1. The number of hydrogen-bond acceptors (Lipinski definition) is 4. The van der Waals surface area contributed by atoms with Gasteiger partial charge in [-0.15, -0.1) is 0 Å². The second kappa shape index (κ2) is 6.07. The number of phenols is 1. The molecule has 1 aliphatic rings. The molecule has 1 aromatic carbocycles. The van der Waals surface area contributed by atoms with Gasteiger partial charge in [-0.05, 0) is 24.5 Å². The van der Waals surface area contributed by atoms with Gasteiger partial charge in [-0.3, -0.25) is 0 Å². The lowest BCUT2D eigenvalue weighted by Crippen LogP contribution is -2.07. The van der Waals surface area contributed by atoms with E-state index in [9.17, 15) is 5.11 Å². The lowest BCUT2D eigenvalue weighted by molar-refractivity contribution is 0.315. The summed E-state index contributed by atoms with van der Waals surface area (Å²) in [5.41, 5.74) is 0.790. The average Bonchev–Trinajstić information content (AvgIpc) is 2.95. The van der Waals surface area contributed by atoms with Gasteiger partial charge >= 0.3 is 0 Å². The zero-order valence-corrected chi connectivity index (χ0v) is 11.6. The van der Waals surface area contributed by atoms with Gasteiger partial charge in [0.2, 0.25) is 11.7 Å². The van der Waals surface area contributed by atoms with E-state index in [4.69, 9.17) is 4.52 Å². The maximum Gasteiger partial charge on any atom is 0.226 e. The molecule has 0 bridgehead atoms. The summed E-state index contributed by atoms with van der Waals surface area (Å²) >= 11 is 0. The summed E-state index contributed by atoms with van der Waals surface area (Å²) in [5, 5.41) is 13.5. The Morgan fingerprint density at radius 2 is 2.05 bits per heavy atom. The van der Waals surface area contributed by atoms with Crippen LogP contribution in [-0.4, -0.2) is 15.2 Å². The normalized spacial score (nSPS) is 16.4. The summed E-state index contributed by atoms with van der Waals surface area (Å²) in [4.78, 5) is 4.42. The van der Waals surface area contributed by atoms with E-state index >= 15 is 0 Å². The summed E-state index contributed by atoms with van der Waals surface area (Å²) in [7, 11) is 0. The second-order valence-electron chi connectivity index (χ2n) is 5.60. The lowest BCUT2D eigenvalue weighted by atomic mass is 9.86. The van der Waals surface area contributed by atoms with Crippen molar-refractivity contribution in [3.63, 3.8) is 0 Å². The molecular weight excluding hydrogens is 252 g/mol. The fourth-order valence-electron chi connectivity index (χ4n) is 2.92. The Morgan fingerprint density at radius 1 is 1.20 bits per heavy atom. The molecule has 4 heteroatoms. The predicted octanol–water partition coefficient (Wildman–Crippen LogP) is 3.96. The number of aromatic nitrogens is 2. The van der Waals surface area contributed by atoms with Gasteiger partial charge < -0.3 is 9.63 Å². The average molecular weight is 272 g/mol. The second-order valence-corrected chi connectivity index (χ2v) is 5.60. The van der Waals surface area contributed by atoms with Crippen molar-refractivity contribution in [3.8, 4) is 17.1 Å². The highest BCUT2D eigenvalue weighted by molar-refractivity contribution is 5.56. The first-order valence-electron chi connectivity index (χ1n) is 7.43. The Morgan fingerprint density at radius 3 is 2.85 bits per heavy atom. The van der Waals surface area contributed by atoms with Gasteiger partial charge in [0.25, 0.3) is 0 Å². The smallest absolute Gasteiger partial charge is 0.226 e. The van der Waals surface area contributed by atoms with Crippen molar-refractivity contribution < 1.29 is 9.63 Å². The molecule has 0 radical (unpaired) electrons. The van der Waals surface area contributed by atoms with E-state index in [0.29, 0.717) is 11.7 Å². The lowest BCUT2D eigenvalue weighted by Gasteiger charge is -2.20. The molecule has 20 heavy (non-hydrogen) atoms. The fraction of sp³-hybridized carbons (Fsp3) is 0.500. The van der Waals surface area contributed by atoms with Crippen molar-refractivity contribution in [2.24, 2.45) is 5.92 Å². The molecule has 1 aliphatic carbocycles. The molecule has 3 rings (SSSR count). The van der Waals surface area contributed by atoms with Crippen LogP contribution in [0.1, 0.15) is 44.4 Å². The number of phenolic OH excluding ortho intramolecular Hbond substituents is 1. The van der Waals surface area contributed by atoms with Gasteiger partial charge in [-0.25, -0.2) is 0 Å². The molecular formula is C16H20N2O2. The Labute approximate surface area is 118 Å². The number of aromatic hydroxyl groups is 1. The molecule has 0 amide bonds. The van der Waals surface area contributed by atoms with Crippen molar-refractivity contribution >= 4 is 0 Å². The molecule has 1 saturated carbocycles. The van der Waals surface area contributed by atoms with E-state index in [-0.39, 0.29) is 5.75 Å². The molecule has 2 aromatic rings. The molecule has 1 aromatic heterocycles. The predicted molar refractivity (Wildman–Crippen MR) is 76.3 cm³/mol. The zero-order chi connectivity index (χ0) is 13.8. The zero-order valence-electron chi connectivity index (χ0n) is 11.6. The first-order chi connectivity index (χ1) is 9.81. The number of nitrogens with zero attached hydrogens (tertiary/aromatic N) is 2. The third kappa shape index (κ3) is 3.18. The number of aryl methyl sites for hydroxylation is 1. The van der Waals surface area contributed by atoms with Crippen LogP contribution in [0.5, 0.6) is 5.75 Å². The van der Waals surface area contributed by atoms with Crippen molar-refractivity contribution in [2.75, 3.05) is 0 Å². The minimum atomic E-state index is 0.219. The first kappa shape index (κ1) is 13.2. The van der Waals surface area contributed by atoms with E-state index in [1.54, 1.807) is 18.2 Å². The van der Waals surface area contributed by atoms with E-state index in [2.05, 4.69) is 10.1 Å². The van der Waals surface area contributed by atoms with Crippen molar-refractivity contribution in [1.29, 1.82) is 0 Å². The minimum absolute atomic E-state index is 0.219. The highest BCUT2D eigenvalue weighted by atomic mass is 16.5. The third-order valence-corrected chi connectivity index (χ3v) is 4.06. The summed E-state index contributed by atoms with van der Waals surface area (Å²) in [6.07, 6.45) is 8.80. The molecule has 0 unspecified atom stereocenters. The Hall–Kier alpha value is -1.84. The Balaban J connectivity index is 1.61. The van der Waals surface area contributed by atoms with Crippen molar-refractivity contribution in [3.05, 3.63) is 30.2 Å². The van der Waals surface area contributed by atoms with Crippen LogP contribution in [0.3, 0.4) is 0 Å². The van der Waals surface area contributed by atoms with Crippen LogP contribution in [0.4, 0.5) is 0 Å². The number of hydrogen-bond donors (Lipinski definition) is 1. The van der Waals surface area contributed by atoms with E-state index in [1.807, 2.05) is 6.07 Å². The van der Waals surface area contributed by atoms with Crippen LogP contribution in [0.25, 0.3) is 11.4 Å². The van der Waals surface area contributed by atoms with E-state index in [0.717, 1.165) is 24.3 Å². The van der Waals surface area contributed by atoms with Crippen LogP contribution >= 0.6 is 0 Å². The summed E-state index contributed by atoms with van der Waals surface area (Å²) in [5.74, 6) is 2.30. The first-order valence-corrected chi connectivity index (χ1v) is 7.43. The highest BCUT2D eigenvalue weighted by Crippen LogP contribution is 2.27. The molecule has 0 atom stereocenters. The van der Waals surface area contributed by atoms with Crippen molar-refractivity contribution in [2.45, 2.75) is 44.9 Å². The maximum atomic E-state index is 9.47. The molecule has 1 fully saturated rings. The molecule has 0 aliphatic heterocycles. The van der Waals surface area contributed by atoms with Gasteiger partial charge in [0.15, 0.2) is 0 Å². The molecule has 0 spiro atoms. The molecule has 4 nitrogen and oxygen atoms in total. The summed E-state index contributed by atoms with van der Waals surface area (Å²) in [6.45, 7) is 0. The van der Waals surface area contributed by atoms with Gasteiger partial charge in [-0.2, -0.15) is 4.98 Å². The van der Waals surface area contributed by atoms with E-state index < -0.39 is 0 Å². The maximum absolute atomic E-state index is 9.47. The Bertz CT molecular complexity index is 559. The molecule has 0 saturated heterocycles. The molecule has 1 heterocycles. The largest absolute Gasteiger partial charge is 0.508 e.